The van der Waals surface area contributed by atoms with E-state index in [9.17, 15) is 0 Å². The van der Waals surface area contributed by atoms with Crippen LogP contribution in [0.2, 0.25) is 0 Å². The highest BCUT2D eigenvalue weighted by molar-refractivity contribution is 5.21. The van der Waals surface area contributed by atoms with Crippen LogP contribution in [0.3, 0.4) is 0 Å². The van der Waals surface area contributed by atoms with E-state index in [4.69, 9.17) is 0 Å². The van der Waals surface area contributed by atoms with Gasteiger partial charge in [-0.2, -0.15) is 0 Å². The van der Waals surface area contributed by atoms with Gasteiger partial charge in [0.15, 0.2) is 0 Å². The minimum Gasteiger partial charge on any atom is -0.313 e. The van der Waals surface area contributed by atoms with Gasteiger partial charge in [0.05, 0.1) is 0 Å². The molecule has 0 aliphatic carbocycles. The summed E-state index contributed by atoms with van der Waals surface area (Å²) in [5, 5.41) is 3.53. The molecule has 112 valence electrons. The molecule has 1 heterocycles. The predicted molar refractivity (Wildman–Crippen MR) is 86.8 cm³/mol. The number of nitrogens with zero attached hydrogens (tertiary/aromatic N) is 1. The van der Waals surface area contributed by atoms with Crippen LogP contribution in [0.25, 0.3) is 0 Å². The Labute approximate surface area is 124 Å². The molecular weight excluding hydrogens is 244 g/mol. The fourth-order valence-corrected chi connectivity index (χ4v) is 3.70. The third kappa shape index (κ3) is 3.42. The van der Waals surface area contributed by atoms with Gasteiger partial charge in [0.25, 0.3) is 0 Å². The van der Waals surface area contributed by atoms with Gasteiger partial charge >= 0.3 is 0 Å². The smallest absolute Gasteiger partial charge is 0.0381 e. The Bertz CT molecular complexity index is 403. The molecule has 1 aromatic carbocycles. The Morgan fingerprint density at radius 2 is 1.70 bits per heavy atom. The Hall–Kier alpha value is -0.860. The van der Waals surface area contributed by atoms with E-state index in [-0.39, 0.29) is 5.41 Å². The summed E-state index contributed by atoms with van der Waals surface area (Å²) >= 11 is 0. The van der Waals surface area contributed by atoms with Crippen molar-refractivity contribution in [3.63, 3.8) is 0 Å². The third-order valence-electron chi connectivity index (χ3n) is 4.90. The predicted octanol–water partition coefficient (Wildman–Crippen LogP) is 3.56. The number of likely N-dealkylation sites (tertiary alicyclic amines) is 1. The number of hydrogen-bond donors (Lipinski definition) is 1. The van der Waals surface area contributed by atoms with E-state index < -0.39 is 0 Å². The fraction of sp³-hybridized carbons (Fsp3) is 0.667. The van der Waals surface area contributed by atoms with Gasteiger partial charge in [-0.25, -0.2) is 0 Å². The maximum absolute atomic E-state index is 3.53. The number of hydrogen-bond acceptors (Lipinski definition) is 2. The summed E-state index contributed by atoms with van der Waals surface area (Å²) in [6, 6.07) is 11.2. The van der Waals surface area contributed by atoms with Gasteiger partial charge in [-0.05, 0) is 29.9 Å². The monoisotopic (exact) mass is 274 g/mol. The van der Waals surface area contributed by atoms with E-state index in [1.807, 2.05) is 0 Å². The van der Waals surface area contributed by atoms with Crippen LogP contribution in [0.5, 0.6) is 0 Å². The Balaban J connectivity index is 2.08. The second-order valence-electron chi connectivity index (χ2n) is 7.27. The van der Waals surface area contributed by atoms with Crippen molar-refractivity contribution < 1.29 is 0 Å². The van der Waals surface area contributed by atoms with E-state index in [2.05, 4.69) is 75.3 Å². The second-order valence-corrected chi connectivity index (χ2v) is 7.27. The molecule has 1 fully saturated rings. The molecule has 1 N–H and O–H groups in total. The molecule has 0 radical (unpaired) electrons. The lowest BCUT2D eigenvalue weighted by Gasteiger charge is -2.38. The van der Waals surface area contributed by atoms with Gasteiger partial charge in [0, 0.05) is 25.7 Å². The summed E-state index contributed by atoms with van der Waals surface area (Å²) in [4.78, 5) is 2.64. The zero-order valence-electron chi connectivity index (χ0n) is 13.7. The van der Waals surface area contributed by atoms with Crippen LogP contribution >= 0.6 is 0 Å². The van der Waals surface area contributed by atoms with Crippen molar-refractivity contribution in [1.82, 2.24) is 10.2 Å². The molecule has 3 unspecified atom stereocenters. The molecule has 2 nitrogen and oxygen atoms in total. The maximum atomic E-state index is 3.53. The van der Waals surface area contributed by atoms with Crippen molar-refractivity contribution in [3.8, 4) is 0 Å². The first-order chi connectivity index (χ1) is 9.44. The van der Waals surface area contributed by atoms with Crippen LogP contribution < -0.4 is 5.32 Å². The van der Waals surface area contributed by atoms with Crippen LogP contribution in [0.1, 0.15) is 39.3 Å². The summed E-state index contributed by atoms with van der Waals surface area (Å²) in [7, 11) is 2.08. The molecule has 1 aromatic rings. The van der Waals surface area contributed by atoms with Crippen molar-refractivity contribution in [2.45, 2.75) is 33.7 Å². The topological polar surface area (TPSA) is 15.3 Å². The molecule has 0 bridgehead atoms. The number of rotatable bonds is 5. The van der Waals surface area contributed by atoms with Crippen LogP contribution in [-0.2, 0) is 0 Å². The van der Waals surface area contributed by atoms with Gasteiger partial charge in [-0.1, -0.05) is 58.0 Å². The average Bonchev–Trinajstić information content (AvgIpc) is 2.69. The van der Waals surface area contributed by atoms with Gasteiger partial charge < -0.3 is 10.2 Å². The van der Waals surface area contributed by atoms with Gasteiger partial charge in [-0.3, -0.25) is 0 Å². The molecule has 0 spiro atoms. The van der Waals surface area contributed by atoms with E-state index in [1.54, 1.807) is 0 Å². The Morgan fingerprint density at radius 3 is 2.20 bits per heavy atom. The third-order valence-corrected chi connectivity index (χ3v) is 4.90. The summed E-state index contributed by atoms with van der Waals surface area (Å²) in [5.41, 5.74) is 1.61. The molecule has 1 saturated heterocycles. The van der Waals surface area contributed by atoms with Gasteiger partial charge in [-0.15, -0.1) is 0 Å². The number of benzene rings is 1. The van der Waals surface area contributed by atoms with Crippen molar-refractivity contribution in [1.29, 1.82) is 0 Å². The lowest BCUT2D eigenvalue weighted by Crippen LogP contribution is -2.41. The van der Waals surface area contributed by atoms with E-state index in [0.717, 1.165) is 18.4 Å². The normalized spacial score (nSPS) is 25.9. The van der Waals surface area contributed by atoms with Crippen molar-refractivity contribution in [2.24, 2.45) is 17.3 Å². The van der Waals surface area contributed by atoms with Crippen molar-refractivity contribution >= 4 is 0 Å². The first-order valence-electron chi connectivity index (χ1n) is 7.88. The Morgan fingerprint density at radius 1 is 1.15 bits per heavy atom. The first-order valence-corrected chi connectivity index (χ1v) is 7.88. The van der Waals surface area contributed by atoms with Crippen LogP contribution in [0, 0.1) is 17.3 Å². The van der Waals surface area contributed by atoms with Gasteiger partial charge in [0.1, 0.15) is 0 Å². The highest BCUT2D eigenvalue weighted by atomic mass is 15.2. The lowest BCUT2D eigenvalue weighted by atomic mass is 9.80. The molecule has 20 heavy (non-hydrogen) atoms. The highest BCUT2D eigenvalue weighted by Gasteiger charge is 2.35. The molecule has 0 amide bonds. The van der Waals surface area contributed by atoms with Crippen LogP contribution in [0.4, 0.5) is 0 Å². The first kappa shape index (κ1) is 15.5. The lowest BCUT2D eigenvalue weighted by molar-refractivity contribution is 0.156. The summed E-state index contributed by atoms with van der Waals surface area (Å²) in [5.74, 6) is 1.66. The van der Waals surface area contributed by atoms with Crippen molar-refractivity contribution in [2.75, 3.05) is 26.7 Å². The van der Waals surface area contributed by atoms with Crippen LogP contribution in [0.15, 0.2) is 30.3 Å². The summed E-state index contributed by atoms with van der Waals surface area (Å²) < 4.78 is 0. The minimum absolute atomic E-state index is 0.222. The fourth-order valence-electron chi connectivity index (χ4n) is 3.70. The number of nitrogens with one attached hydrogen (secondary N) is 1. The largest absolute Gasteiger partial charge is 0.313 e. The molecule has 0 aromatic heterocycles. The standard InChI is InChI=1S/C18H30N2/c1-14-11-20(12-15(14)2)13-18(3,4)17(19-5)16-9-7-6-8-10-16/h6-10,14-15,17,19H,11-13H2,1-5H3. The van der Waals surface area contributed by atoms with E-state index in [1.165, 1.54) is 18.7 Å². The van der Waals surface area contributed by atoms with Gasteiger partial charge in [0.2, 0.25) is 0 Å². The molecule has 2 rings (SSSR count). The zero-order valence-corrected chi connectivity index (χ0v) is 13.7. The molecular formula is C18H30N2. The SMILES string of the molecule is CNC(c1ccccc1)C(C)(C)CN1CC(C)C(C)C1. The average molecular weight is 274 g/mol. The quantitative estimate of drug-likeness (QED) is 0.883. The van der Waals surface area contributed by atoms with E-state index in [0.29, 0.717) is 6.04 Å². The van der Waals surface area contributed by atoms with Crippen LogP contribution in [-0.4, -0.2) is 31.6 Å². The zero-order chi connectivity index (χ0) is 14.8. The molecule has 1 aliphatic heterocycles. The summed E-state index contributed by atoms with van der Waals surface area (Å²) in [6.07, 6.45) is 0. The molecule has 1 aliphatic rings. The summed E-state index contributed by atoms with van der Waals surface area (Å²) in [6.45, 7) is 13.2. The second kappa shape index (κ2) is 6.28. The van der Waals surface area contributed by atoms with Crippen molar-refractivity contribution in [3.05, 3.63) is 35.9 Å². The molecule has 3 atom stereocenters. The van der Waals surface area contributed by atoms with E-state index >= 15 is 0 Å². The minimum atomic E-state index is 0.222. The maximum Gasteiger partial charge on any atom is 0.0381 e. The molecule has 0 saturated carbocycles. The Kier molecular flexibility index (Phi) is 4.87. The molecule has 2 heteroatoms. The highest BCUT2D eigenvalue weighted by Crippen LogP contribution is 2.35.